The number of sulfonamides is 1. The standard InChI is InChI=1S/C22H18ClF3N2O3S/c23-19-12-11-16(14-18(19)22(24,25)26)27-21(29)20(13-15-7-3-1-4-8-15)28-32(30,31)17-9-5-2-6-10-17/h1-12,14,20,28H,13H2,(H,27,29)/t20-/m0/s1. The van der Waals surface area contributed by atoms with Gasteiger partial charge in [-0.3, -0.25) is 4.79 Å². The lowest BCUT2D eigenvalue weighted by Crippen LogP contribution is -2.45. The Kier molecular flexibility index (Phi) is 7.22. The molecule has 1 atom stereocenters. The predicted molar refractivity (Wildman–Crippen MR) is 116 cm³/mol. The van der Waals surface area contributed by atoms with Gasteiger partial charge in [0.15, 0.2) is 0 Å². The third-order valence-electron chi connectivity index (χ3n) is 4.49. The largest absolute Gasteiger partial charge is 0.417 e. The first-order valence-electron chi connectivity index (χ1n) is 9.35. The van der Waals surface area contributed by atoms with Crippen molar-refractivity contribution >= 4 is 33.2 Å². The maximum atomic E-state index is 13.1. The van der Waals surface area contributed by atoms with E-state index in [9.17, 15) is 26.4 Å². The number of alkyl halides is 3. The molecule has 10 heteroatoms. The predicted octanol–water partition coefficient (Wildman–Crippen LogP) is 4.89. The molecule has 0 saturated carbocycles. The molecule has 0 unspecified atom stereocenters. The van der Waals surface area contributed by atoms with Gasteiger partial charge in [-0.2, -0.15) is 17.9 Å². The average molecular weight is 483 g/mol. The van der Waals surface area contributed by atoms with Crippen molar-refractivity contribution in [2.45, 2.75) is 23.5 Å². The van der Waals surface area contributed by atoms with Crippen molar-refractivity contribution in [2.75, 3.05) is 5.32 Å². The number of amides is 1. The highest BCUT2D eigenvalue weighted by Crippen LogP contribution is 2.36. The Morgan fingerprint density at radius 1 is 0.938 bits per heavy atom. The van der Waals surface area contributed by atoms with Crippen molar-refractivity contribution in [3.63, 3.8) is 0 Å². The lowest BCUT2D eigenvalue weighted by atomic mass is 10.1. The molecule has 0 aliphatic heterocycles. The van der Waals surface area contributed by atoms with Crippen LogP contribution in [0.25, 0.3) is 0 Å². The molecule has 0 spiro atoms. The monoisotopic (exact) mass is 482 g/mol. The van der Waals surface area contributed by atoms with Crippen LogP contribution in [0.1, 0.15) is 11.1 Å². The lowest BCUT2D eigenvalue weighted by molar-refractivity contribution is -0.137. The number of benzene rings is 3. The Morgan fingerprint density at radius 2 is 1.53 bits per heavy atom. The molecule has 0 saturated heterocycles. The normalized spacial score (nSPS) is 12.9. The van der Waals surface area contributed by atoms with Crippen LogP contribution >= 0.6 is 11.6 Å². The zero-order valence-corrected chi connectivity index (χ0v) is 18.0. The van der Waals surface area contributed by atoms with E-state index in [1.807, 2.05) is 0 Å². The van der Waals surface area contributed by atoms with Crippen LogP contribution < -0.4 is 10.0 Å². The van der Waals surface area contributed by atoms with E-state index in [1.54, 1.807) is 36.4 Å². The van der Waals surface area contributed by atoms with Crippen LogP contribution in [0.2, 0.25) is 5.02 Å². The first-order chi connectivity index (χ1) is 15.1. The second kappa shape index (κ2) is 9.72. The SMILES string of the molecule is O=C(Nc1ccc(Cl)c(C(F)(F)F)c1)[C@H](Cc1ccccc1)NS(=O)(=O)c1ccccc1. The van der Waals surface area contributed by atoms with Gasteiger partial charge in [0.25, 0.3) is 0 Å². The molecular weight excluding hydrogens is 465 g/mol. The maximum absolute atomic E-state index is 13.1. The average Bonchev–Trinajstić information content (AvgIpc) is 2.75. The summed E-state index contributed by atoms with van der Waals surface area (Å²) in [4.78, 5) is 12.9. The second-order valence-electron chi connectivity index (χ2n) is 6.86. The number of anilines is 1. The highest BCUT2D eigenvalue weighted by Gasteiger charge is 2.34. The highest BCUT2D eigenvalue weighted by atomic mass is 35.5. The van der Waals surface area contributed by atoms with E-state index < -0.39 is 38.7 Å². The number of carbonyl (C=O) groups is 1. The van der Waals surface area contributed by atoms with Crippen LogP contribution in [0.15, 0.2) is 83.8 Å². The Labute approximate surface area is 188 Å². The second-order valence-corrected chi connectivity index (χ2v) is 8.98. The number of carbonyl (C=O) groups excluding carboxylic acids is 1. The van der Waals surface area contributed by atoms with Crippen molar-refractivity contribution in [1.82, 2.24) is 4.72 Å². The first-order valence-corrected chi connectivity index (χ1v) is 11.2. The number of halogens is 4. The maximum Gasteiger partial charge on any atom is 0.417 e. The fourth-order valence-corrected chi connectivity index (χ4v) is 4.38. The van der Waals surface area contributed by atoms with E-state index in [-0.39, 0.29) is 17.0 Å². The molecule has 168 valence electrons. The third kappa shape index (κ3) is 6.09. The summed E-state index contributed by atoms with van der Waals surface area (Å²) >= 11 is 5.62. The summed E-state index contributed by atoms with van der Waals surface area (Å²) < 4.78 is 67.3. The smallest absolute Gasteiger partial charge is 0.325 e. The topological polar surface area (TPSA) is 75.3 Å². The summed E-state index contributed by atoms with van der Waals surface area (Å²) in [5.41, 5.74) is -0.611. The van der Waals surface area contributed by atoms with E-state index in [1.165, 1.54) is 30.3 Å². The molecule has 0 aliphatic carbocycles. The summed E-state index contributed by atoms with van der Waals surface area (Å²) in [6, 6.07) is 17.7. The molecule has 0 bridgehead atoms. The van der Waals surface area contributed by atoms with E-state index in [4.69, 9.17) is 11.6 Å². The molecule has 3 aromatic carbocycles. The third-order valence-corrected chi connectivity index (χ3v) is 6.31. The minimum Gasteiger partial charge on any atom is -0.325 e. The Bertz CT molecular complexity index is 1190. The van der Waals surface area contributed by atoms with Crippen molar-refractivity contribution in [2.24, 2.45) is 0 Å². The fraction of sp³-hybridized carbons (Fsp3) is 0.136. The fourth-order valence-electron chi connectivity index (χ4n) is 2.94. The van der Waals surface area contributed by atoms with Gasteiger partial charge in [-0.15, -0.1) is 0 Å². The number of nitrogens with one attached hydrogen (secondary N) is 2. The molecule has 1 amide bonds. The van der Waals surface area contributed by atoms with Crippen molar-refractivity contribution in [1.29, 1.82) is 0 Å². The van der Waals surface area contributed by atoms with Crippen LogP contribution in [0.4, 0.5) is 18.9 Å². The Morgan fingerprint density at radius 3 is 2.12 bits per heavy atom. The minimum atomic E-state index is -4.71. The minimum absolute atomic E-state index is 0.0154. The van der Waals surface area contributed by atoms with Crippen molar-refractivity contribution in [3.8, 4) is 0 Å². The van der Waals surface area contributed by atoms with Gasteiger partial charge in [-0.25, -0.2) is 8.42 Å². The van der Waals surface area contributed by atoms with E-state index in [0.29, 0.717) is 11.6 Å². The highest BCUT2D eigenvalue weighted by molar-refractivity contribution is 7.89. The summed E-state index contributed by atoms with van der Waals surface area (Å²) in [5, 5.41) is 1.84. The van der Waals surface area contributed by atoms with Crippen LogP contribution in [0, 0.1) is 0 Å². The van der Waals surface area contributed by atoms with Gasteiger partial charge in [0.1, 0.15) is 6.04 Å². The Balaban J connectivity index is 1.89. The molecule has 2 N–H and O–H groups in total. The van der Waals surface area contributed by atoms with E-state index in [0.717, 1.165) is 6.07 Å². The molecule has 3 aromatic rings. The molecule has 0 heterocycles. The van der Waals surface area contributed by atoms with Crippen LogP contribution in [-0.4, -0.2) is 20.4 Å². The van der Waals surface area contributed by atoms with Gasteiger partial charge >= 0.3 is 6.18 Å². The summed E-state index contributed by atoms with van der Waals surface area (Å²) in [5.74, 6) is -0.816. The van der Waals surface area contributed by atoms with Gasteiger partial charge in [-0.05, 0) is 42.3 Å². The van der Waals surface area contributed by atoms with E-state index in [2.05, 4.69) is 10.0 Å². The van der Waals surface area contributed by atoms with Gasteiger partial charge in [0.2, 0.25) is 15.9 Å². The molecule has 5 nitrogen and oxygen atoms in total. The van der Waals surface area contributed by atoms with Crippen LogP contribution in [0.5, 0.6) is 0 Å². The van der Waals surface area contributed by atoms with Gasteiger partial charge in [0.05, 0.1) is 15.5 Å². The van der Waals surface area contributed by atoms with Gasteiger partial charge in [-0.1, -0.05) is 60.1 Å². The van der Waals surface area contributed by atoms with Gasteiger partial charge < -0.3 is 5.32 Å². The lowest BCUT2D eigenvalue weighted by Gasteiger charge is -2.19. The molecule has 0 radical (unpaired) electrons. The molecular formula is C22H18ClF3N2O3S. The van der Waals surface area contributed by atoms with Gasteiger partial charge in [0, 0.05) is 5.69 Å². The number of rotatable bonds is 7. The summed E-state index contributed by atoms with van der Waals surface area (Å²) in [6.07, 6.45) is -4.73. The molecule has 32 heavy (non-hydrogen) atoms. The molecule has 0 aliphatic rings. The Hall–Kier alpha value is -2.88. The summed E-state index contributed by atoms with van der Waals surface area (Å²) in [7, 11) is -4.07. The summed E-state index contributed by atoms with van der Waals surface area (Å²) in [6.45, 7) is 0. The van der Waals surface area contributed by atoms with E-state index >= 15 is 0 Å². The molecule has 0 fully saturated rings. The zero-order valence-electron chi connectivity index (χ0n) is 16.4. The first kappa shape index (κ1) is 23.8. The van der Waals surface area contributed by atoms with Crippen molar-refractivity contribution in [3.05, 3.63) is 95.0 Å². The number of hydrogen-bond donors (Lipinski definition) is 2. The quantitative estimate of drug-likeness (QED) is 0.503. The van der Waals surface area contributed by atoms with Crippen molar-refractivity contribution < 1.29 is 26.4 Å². The van der Waals surface area contributed by atoms with Crippen LogP contribution in [-0.2, 0) is 27.4 Å². The molecule has 0 aromatic heterocycles. The molecule has 3 rings (SSSR count). The number of hydrogen-bond acceptors (Lipinski definition) is 3. The zero-order chi connectivity index (χ0) is 23.4. The van der Waals surface area contributed by atoms with Crippen LogP contribution in [0.3, 0.4) is 0 Å².